The minimum atomic E-state index is -1.60. The summed E-state index contributed by atoms with van der Waals surface area (Å²) in [6, 6.07) is 6.13. The fraction of sp³-hybridized carbons (Fsp3) is 0.429. The van der Waals surface area contributed by atoms with Crippen LogP contribution in [0, 0.1) is 22.9 Å². The first-order valence-electron chi connectivity index (χ1n) is 12.9. The molecule has 4 rings (SSSR count). The molecule has 0 radical (unpaired) electrons. The molecule has 3 N–H and O–H groups in total. The molecule has 1 aliphatic rings. The highest BCUT2D eigenvalue weighted by Gasteiger charge is 2.41. The number of hydroxylamine groups is 1. The lowest BCUT2D eigenvalue weighted by atomic mass is 9.73. The second-order valence-corrected chi connectivity index (χ2v) is 9.95. The highest BCUT2D eigenvalue weighted by Crippen LogP contribution is 2.41. The van der Waals surface area contributed by atoms with Gasteiger partial charge in [0, 0.05) is 47.9 Å². The number of carbonyl (C=O) groups excluding carboxylic acids is 1. The molecule has 1 saturated heterocycles. The van der Waals surface area contributed by atoms with Crippen molar-refractivity contribution < 1.29 is 36.7 Å². The lowest BCUT2D eigenvalue weighted by molar-refractivity contribution is -0.143. The highest BCUT2D eigenvalue weighted by molar-refractivity contribution is 5.85. The molecule has 2 aromatic carbocycles. The van der Waals surface area contributed by atoms with E-state index in [0.29, 0.717) is 61.3 Å². The fourth-order valence-electron chi connectivity index (χ4n) is 5.35. The number of halogens is 5. The average Bonchev–Trinajstić information content (AvgIpc) is 2.96. The zero-order chi connectivity index (χ0) is 28.9. The molecule has 1 amide bonds. The Balaban J connectivity index is 1.42. The standard InChI is InChI=1S/C28H31F5N4O3/c1-40-19-2-3-24-20(14-19)25(17(15-29)16-35-24)21(31)4-5-28(27(38)36-39)6-9-37(10-7-28)11-8-34-26-22(32)12-18(30)13-23(26)33/h2-3,12-14,16,21,34,39H,4-11,15H2,1H3,(H,36,38). The van der Waals surface area contributed by atoms with Crippen molar-refractivity contribution in [3.63, 3.8) is 0 Å². The molecular formula is C28H31F5N4O3. The van der Waals surface area contributed by atoms with E-state index in [0.717, 1.165) is 0 Å². The summed E-state index contributed by atoms with van der Waals surface area (Å²) < 4.78 is 75.7. The number of fused-ring (bicyclic) bond motifs is 1. The lowest BCUT2D eigenvalue weighted by Crippen LogP contribution is -2.49. The number of amides is 1. The third kappa shape index (κ3) is 6.28. The SMILES string of the molecule is COc1ccc2ncc(CF)c(C(F)CCC3(C(=O)NO)CCN(CCNc4c(F)cc(F)cc4F)CC3)c2c1. The maximum Gasteiger partial charge on any atom is 0.249 e. The number of hydrogen-bond donors (Lipinski definition) is 3. The van der Waals surface area contributed by atoms with E-state index in [4.69, 9.17) is 4.74 Å². The summed E-state index contributed by atoms with van der Waals surface area (Å²) in [5.41, 5.74) is 0.993. The second kappa shape index (κ2) is 12.8. The molecule has 1 atom stereocenters. The summed E-state index contributed by atoms with van der Waals surface area (Å²) in [6.45, 7) is 0.448. The van der Waals surface area contributed by atoms with Crippen LogP contribution < -0.4 is 15.5 Å². The molecule has 1 unspecified atom stereocenters. The van der Waals surface area contributed by atoms with Crippen LogP contribution in [0.1, 0.15) is 43.0 Å². The van der Waals surface area contributed by atoms with E-state index in [1.165, 1.54) is 13.3 Å². The van der Waals surface area contributed by atoms with Gasteiger partial charge in [0.25, 0.3) is 0 Å². The van der Waals surface area contributed by atoms with E-state index in [-0.39, 0.29) is 30.5 Å². The molecule has 1 aromatic heterocycles. The van der Waals surface area contributed by atoms with Gasteiger partial charge in [0.2, 0.25) is 5.91 Å². The van der Waals surface area contributed by atoms with E-state index < -0.39 is 47.3 Å². The van der Waals surface area contributed by atoms with Crippen molar-refractivity contribution in [1.29, 1.82) is 0 Å². The van der Waals surface area contributed by atoms with Crippen LogP contribution in [0.25, 0.3) is 10.9 Å². The van der Waals surface area contributed by atoms with Crippen LogP contribution in [0.4, 0.5) is 27.6 Å². The summed E-state index contributed by atoms with van der Waals surface area (Å²) >= 11 is 0. The summed E-state index contributed by atoms with van der Waals surface area (Å²) in [6.07, 6.45) is 0.302. The molecule has 1 aliphatic heterocycles. The molecule has 0 bridgehead atoms. The molecule has 3 aromatic rings. The second-order valence-electron chi connectivity index (χ2n) is 9.95. The van der Waals surface area contributed by atoms with Crippen molar-refractivity contribution in [2.75, 3.05) is 38.6 Å². The number of piperidine rings is 1. The third-order valence-electron chi connectivity index (χ3n) is 7.67. The number of ether oxygens (including phenoxy) is 1. The Kier molecular flexibility index (Phi) is 9.41. The molecule has 216 valence electrons. The summed E-state index contributed by atoms with van der Waals surface area (Å²) in [5.74, 6) is -3.23. The molecular weight excluding hydrogens is 535 g/mol. The van der Waals surface area contributed by atoms with Crippen LogP contribution in [-0.4, -0.2) is 54.3 Å². The summed E-state index contributed by atoms with van der Waals surface area (Å²) in [4.78, 5) is 18.9. The number of alkyl halides is 2. The van der Waals surface area contributed by atoms with Gasteiger partial charge in [-0.1, -0.05) is 0 Å². The first kappa shape index (κ1) is 29.5. The number of methoxy groups -OCH3 is 1. The van der Waals surface area contributed by atoms with Crippen molar-refractivity contribution in [3.8, 4) is 5.75 Å². The van der Waals surface area contributed by atoms with Gasteiger partial charge in [-0.05, 0) is 57.0 Å². The number of rotatable bonds is 11. The number of nitrogens with zero attached hydrogens (tertiary/aromatic N) is 2. The molecule has 1 fully saturated rings. The lowest BCUT2D eigenvalue weighted by Gasteiger charge is -2.40. The quantitative estimate of drug-likeness (QED) is 0.159. The van der Waals surface area contributed by atoms with Gasteiger partial charge >= 0.3 is 0 Å². The van der Waals surface area contributed by atoms with Crippen LogP contribution in [0.15, 0.2) is 36.5 Å². The molecule has 0 spiro atoms. The van der Waals surface area contributed by atoms with Crippen molar-refractivity contribution in [1.82, 2.24) is 15.4 Å². The maximum atomic E-state index is 15.8. The van der Waals surface area contributed by atoms with Crippen LogP contribution in [-0.2, 0) is 11.5 Å². The van der Waals surface area contributed by atoms with Gasteiger partial charge in [-0.2, -0.15) is 0 Å². The molecule has 0 aliphatic carbocycles. The Hall–Kier alpha value is -3.51. The number of anilines is 1. The van der Waals surface area contributed by atoms with Gasteiger partial charge in [-0.3, -0.25) is 15.0 Å². The number of benzene rings is 2. The van der Waals surface area contributed by atoms with Crippen LogP contribution >= 0.6 is 0 Å². The molecule has 0 saturated carbocycles. The molecule has 2 heterocycles. The first-order chi connectivity index (χ1) is 19.2. The fourth-order valence-corrected chi connectivity index (χ4v) is 5.35. The zero-order valence-electron chi connectivity index (χ0n) is 22.0. The van der Waals surface area contributed by atoms with Crippen molar-refractivity contribution in [2.24, 2.45) is 5.41 Å². The Morgan fingerprint density at radius 1 is 1.18 bits per heavy atom. The van der Waals surface area contributed by atoms with Gasteiger partial charge in [0.1, 0.15) is 30.1 Å². The number of pyridine rings is 1. The van der Waals surface area contributed by atoms with Crippen LogP contribution in [0.2, 0.25) is 0 Å². The molecule has 12 heteroatoms. The normalized spacial score (nSPS) is 16.1. The topological polar surface area (TPSA) is 86.7 Å². The Morgan fingerprint density at radius 3 is 2.50 bits per heavy atom. The maximum absolute atomic E-state index is 15.8. The average molecular weight is 567 g/mol. The monoisotopic (exact) mass is 566 g/mol. The van der Waals surface area contributed by atoms with E-state index in [1.54, 1.807) is 23.7 Å². The largest absolute Gasteiger partial charge is 0.497 e. The van der Waals surface area contributed by atoms with E-state index in [2.05, 4.69) is 10.3 Å². The van der Waals surface area contributed by atoms with Crippen molar-refractivity contribution >= 4 is 22.5 Å². The predicted molar refractivity (Wildman–Crippen MR) is 139 cm³/mol. The van der Waals surface area contributed by atoms with Gasteiger partial charge in [-0.25, -0.2) is 27.4 Å². The predicted octanol–water partition coefficient (Wildman–Crippen LogP) is 5.62. The molecule has 7 nitrogen and oxygen atoms in total. The number of likely N-dealkylation sites (tertiary alicyclic amines) is 1. The van der Waals surface area contributed by atoms with Gasteiger partial charge < -0.3 is 15.0 Å². The van der Waals surface area contributed by atoms with Crippen LogP contribution in [0.5, 0.6) is 5.75 Å². The summed E-state index contributed by atoms with van der Waals surface area (Å²) in [7, 11) is 1.47. The Morgan fingerprint density at radius 2 is 1.88 bits per heavy atom. The Labute approximate surface area is 228 Å². The zero-order valence-corrected chi connectivity index (χ0v) is 22.0. The van der Waals surface area contributed by atoms with E-state index >= 15 is 4.39 Å². The van der Waals surface area contributed by atoms with Gasteiger partial charge in [0.15, 0.2) is 11.6 Å². The minimum Gasteiger partial charge on any atom is -0.497 e. The first-order valence-corrected chi connectivity index (χ1v) is 12.9. The van der Waals surface area contributed by atoms with Gasteiger partial charge in [-0.15, -0.1) is 0 Å². The van der Waals surface area contributed by atoms with E-state index in [9.17, 15) is 27.6 Å². The minimum absolute atomic E-state index is 0.0954. The highest BCUT2D eigenvalue weighted by atomic mass is 19.2. The van der Waals surface area contributed by atoms with Crippen LogP contribution in [0.3, 0.4) is 0 Å². The van der Waals surface area contributed by atoms with Crippen molar-refractivity contribution in [2.45, 2.75) is 38.5 Å². The molecule has 40 heavy (non-hydrogen) atoms. The number of nitrogens with one attached hydrogen (secondary N) is 2. The third-order valence-corrected chi connectivity index (χ3v) is 7.67. The van der Waals surface area contributed by atoms with Gasteiger partial charge in [0.05, 0.1) is 18.0 Å². The van der Waals surface area contributed by atoms with E-state index in [1.807, 2.05) is 4.90 Å². The Bertz CT molecular complexity index is 1320. The number of carbonyl (C=O) groups is 1. The smallest absolute Gasteiger partial charge is 0.249 e. The summed E-state index contributed by atoms with van der Waals surface area (Å²) in [5, 5.41) is 12.5. The number of hydrogen-bond acceptors (Lipinski definition) is 6. The van der Waals surface area contributed by atoms with Crippen molar-refractivity contribution in [3.05, 3.63) is 65.1 Å². The number of aromatic nitrogens is 1.